The molecule has 0 unspecified atom stereocenters. The van der Waals surface area contributed by atoms with Crippen LogP contribution in [0.2, 0.25) is 0 Å². The number of methoxy groups -OCH3 is 1. The molecule has 0 spiro atoms. The highest BCUT2D eigenvalue weighted by atomic mass is 19.1. The molecular weight excluding hydrogens is 340 g/mol. The van der Waals surface area contributed by atoms with Crippen molar-refractivity contribution >= 4 is 5.97 Å². The van der Waals surface area contributed by atoms with E-state index in [0.29, 0.717) is 0 Å². The molecule has 0 atom stereocenters. The molecule has 3 rings (SSSR count). The molecule has 0 aliphatic rings. The molecular formula is C20H15F2NO3. The lowest BCUT2D eigenvalue weighted by molar-refractivity contribution is 0.0600. The van der Waals surface area contributed by atoms with Crippen LogP contribution in [0.15, 0.2) is 60.7 Å². The molecule has 0 radical (unpaired) electrons. The molecule has 4 nitrogen and oxygen atoms in total. The molecule has 0 aliphatic heterocycles. The minimum atomic E-state index is -0.739. The molecule has 2 aromatic carbocycles. The quantitative estimate of drug-likeness (QED) is 0.637. The number of carbonyl (C=O) groups excluding carboxylic acids is 1. The van der Waals surface area contributed by atoms with Gasteiger partial charge in [0.15, 0.2) is 0 Å². The summed E-state index contributed by atoms with van der Waals surface area (Å²) in [5.74, 6) is -1.93. The highest BCUT2D eigenvalue weighted by Crippen LogP contribution is 2.25. The van der Waals surface area contributed by atoms with E-state index in [2.05, 4.69) is 4.98 Å². The van der Waals surface area contributed by atoms with Crippen LogP contribution in [0.1, 0.15) is 15.9 Å². The maximum absolute atomic E-state index is 13.5. The predicted molar refractivity (Wildman–Crippen MR) is 91.7 cm³/mol. The molecule has 6 heteroatoms. The second kappa shape index (κ2) is 7.74. The van der Waals surface area contributed by atoms with Gasteiger partial charge in [0.2, 0.25) is 5.88 Å². The average molecular weight is 355 g/mol. The molecule has 0 saturated heterocycles. The zero-order valence-electron chi connectivity index (χ0n) is 13.9. The second-order valence-corrected chi connectivity index (χ2v) is 5.50. The summed E-state index contributed by atoms with van der Waals surface area (Å²) in [6.45, 7) is 0.232. The third-order valence-electron chi connectivity index (χ3n) is 3.61. The first-order valence-electron chi connectivity index (χ1n) is 7.79. The standard InChI is InChI=1S/C20H15F2NO3/c1-25-20(24)15-9-18(14-7-16(21)11-17(22)8-14)23-19(10-15)26-12-13-5-3-2-4-6-13/h2-11H,12H2,1H3. The Hall–Kier alpha value is -3.28. The highest BCUT2D eigenvalue weighted by Gasteiger charge is 2.14. The Morgan fingerprint density at radius 2 is 1.69 bits per heavy atom. The van der Waals surface area contributed by atoms with Crippen molar-refractivity contribution in [2.24, 2.45) is 0 Å². The number of esters is 1. The predicted octanol–water partition coefficient (Wildman–Crippen LogP) is 4.39. The van der Waals surface area contributed by atoms with E-state index in [1.807, 2.05) is 30.3 Å². The van der Waals surface area contributed by atoms with Crippen LogP contribution in [0.5, 0.6) is 5.88 Å². The first kappa shape index (κ1) is 17.5. The molecule has 0 fully saturated rings. The van der Waals surface area contributed by atoms with Crippen LogP contribution < -0.4 is 4.74 Å². The summed E-state index contributed by atoms with van der Waals surface area (Å²) in [5.41, 5.74) is 1.48. The van der Waals surface area contributed by atoms with Crippen LogP contribution in [-0.4, -0.2) is 18.1 Å². The monoisotopic (exact) mass is 355 g/mol. The summed E-state index contributed by atoms with van der Waals surface area (Å²) >= 11 is 0. The van der Waals surface area contributed by atoms with Gasteiger partial charge >= 0.3 is 5.97 Å². The van der Waals surface area contributed by atoms with E-state index in [-0.39, 0.29) is 29.3 Å². The van der Waals surface area contributed by atoms with E-state index < -0.39 is 17.6 Å². The normalized spacial score (nSPS) is 10.4. The first-order chi connectivity index (χ1) is 12.5. The third-order valence-corrected chi connectivity index (χ3v) is 3.61. The summed E-state index contributed by atoms with van der Waals surface area (Å²) in [6.07, 6.45) is 0. The Bertz CT molecular complexity index is 909. The summed E-state index contributed by atoms with van der Waals surface area (Å²) in [4.78, 5) is 16.2. The van der Waals surface area contributed by atoms with E-state index in [9.17, 15) is 13.6 Å². The van der Waals surface area contributed by atoms with E-state index in [4.69, 9.17) is 9.47 Å². The van der Waals surface area contributed by atoms with Gasteiger partial charge in [0.05, 0.1) is 18.4 Å². The van der Waals surface area contributed by atoms with Crippen molar-refractivity contribution in [2.75, 3.05) is 7.11 Å². The lowest BCUT2D eigenvalue weighted by Crippen LogP contribution is -2.05. The molecule has 0 bridgehead atoms. The summed E-state index contributed by atoms with van der Waals surface area (Å²) < 4.78 is 37.4. The maximum atomic E-state index is 13.5. The fourth-order valence-corrected chi connectivity index (χ4v) is 2.40. The van der Waals surface area contributed by atoms with Crippen molar-refractivity contribution in [3.05, 3.63) is 83.4 Å². The summed E-state index contributed by atoms with van der Waals surface area (Å²) in [5, 5.41) is 0. The fraction of sp³-hybridized carbons (Fsp3) is 0.100. The van der Waals surface area contributed by atoms with Crippen molar-refractivity contribution in [3.8, 4) is 17.1 Å². The van der Waals surface area contributed by atoms with Crippen molar-refractivity contribution < 1.29 is 23.0 Å². The number of hydrogen-bond acceptors (Lipinski definition) is 4. The molecule has 0 saturated carbocycles. The fourth-order valence-electron chi connectivity index (χ4n) is 2.40. The van der Waals surface area contributed by atoms with Gasteiger partial charge in [0.25, 0.3) is 0 Å². The first-order valence-corrected chi connectivity index (χ1v) is 7.79. The Morgan fingerprint density at radius 1 is 1.00 bits per heavy atom. The van der Waals surface area contributed by atoms with Gasteiger partial charge in [-0.2, -0.15) is 0 Å². The molecule has 0 aliphatic carbocycles. The topological polar surface area (TPSA) is 48.4 Å². The van der Waals surface area contributed by atoms with Gasteiger partial charge in [-0.05, 0) is 23.8 Å². The van der Waals surface area contributed by atoms with E-state index in [0.717, 1.165) is 23.8 Å². The van der Waals surface area contributed by atoms with Gasteiger partial charge in [0.1, 0.15) is 18.2 Å². The van der Waals surface area contributed by atoms with Crippen LogP contribution in [0.3, 0.4) is 0 Å². The van der Waals surface area contributed by atoms with Gasteiger partial charge in [-0.25, -0.2) is 18.6 Å². The number of benzene rings is 2. The number of aromatic nitrogens is 1. The van der Waals surface area contributed by atoms with Gasteiger partial charge in [-0.3, -0.25) is 0 Å². The Kier molecular flexibility index (Phi) is 5.22. The average Bonchev–Trinajstić information content (AvgIpc) is 2.65. The van der Waals surface area contributed by atoms with E-state index in [1.165, 1.54) is 19.2 Å². The van der Waals surface area contributed by atoms with Crippen molar-refractivity contribution in [1.82, 2.24) is 4.98 Å². The van der Waals surface area contributed by atoms with Gasteiger partial charge in [-0.1, -0.05) is 30.3 Å². The zero-order valence-corrected chi connectivity index (χ0v) is 13.9. The number of nitrogens with zero attached hydrogens (tertiary/aromatic N) is 1. The maximum Gasteiger partial charge on any atom is 0.338 e. The largest absolute Gasteiger partial charge is 0.473 e. The number of carbonyl (C=O) groups is 1. The highest BCUT2D eigenvalue weighted by molar-refractivity contribution is 5.91. The molecule has 132 valence electrons. The Labute approximate surface area is 149 Å². The number of ether oxygens (including phenoxy) is 2. The smallest absolute Gasteiger partial charge is 0.338 e. The Balaban J connectivity index is 1.97. The van der Waals surface area contributed by atoms with Crippen LogP contribution in [0, 0.1) is 11.6 Å². The molecule has 1 aromatic heterocycles. The zero-order chi connectivity index (χ0) is 18.5. The molecule has 1 heterocycles. The lowest BCUT2D eigenvalue weighted by atomic mass is 10.1. The molecule has 3 aromatic rings. The summed E-state index contributed by atoms with van der Waals surface area (Å²) in [7, 11) is 1.24. The minimum absolute atomic E-state index is 0.149. The number of hydrogen-bond donors (Lipinski definition) is 0. The third kappa shape index (κ3) is 4.22. The molecule has 0 amide bonds. The van der Waals surface area contributed by atoms with Crippen LogP contribution in [-0.2, 0) is 11.3 Å². The van der Waals surface area contributed by atoms with E-state index in [1.54, 1.807) is 0 Å². The van der Waals surface area contributed by atoms with Crippen molar-refractivity contribution in [2.45, 2.75) is 6.61 Å². The number of halogens is 2. The Morgan fingerprint density at radius 3 is 2.35 bits per heavy atom. The molecule has 0 N–H and O–H groups in total. The van der Waals surface area contributed by atoms with Crippen LogP contribution >= 0.6 is 0 Å². The van der Waals surface area contributed by atoms with Crippen LogP contribution in [0.4, 0.5) is 8.78 Å². The van der Waals surface area contributed by atoms with Gasteiger partial charge < -0.3 is 9.47 Å². The van der Waals surface area contributed by atoms with Gasteiger partial charge in [-0.15, -0.1) is 0 Å². The summed E-state index contributed by atoms with van der Waals surface area (Å²) in [6, 6.07) is 15.2. The second-order valence-electron chi connectivity index (χ2n) is 5.50. The van der Waals surface area contributed by atoms with Crippen LogP contribution in [0.25, 0.3) is 11.3 Å². The number of pyridine rings is 1. The molecule has 26 heavy (non-hydrogen) atoms. The van der Waals surface area contributed by atoms with Crippen molar-refractivity contribution in [3.63, 3.8) is 0 Å². The lowest BCUT2D eigenvalue weighted by Gasteiger charge is -2.10. The minimum Gasteiger partial charge on any atom is -0.473 e. The van der Waals surface area contributed by atoms with Crippen molar-refractivity contribution in [1.29, 1.82) is 0 Å². The SMILES string of the molecule is COC(=O)c1cc(OCc2ccccc2)nc(-c2cc(F)cc(F)c2)c1. The van der Waals surface area contributed by atoms with E-state index >= 15 is 0 Å². The van der Waals surface area contributed by atoms with Gasteiger partial charge in [0, 0.05) is 17.7 Å². The number of rotatable bonds is 5.